The minimum Gasteiger partial charge on any atom is -0.491 e. The van der Waals surface area contributed by atoms with Gasteiger partial charge in [-0.2, -0.15) is 30.0 Å². The maximum atomic E-state index is 13.4. The molecule has 4 aliphatic heterocycles. The number of amides is 6. The first-order chi connectivity index (χ1) is 46.9. The second-order valence-electron chi connectivity index (χ2n) is 22.9. The van der Waals surface area contributed by atoms with E-state index in [0.29, 0.717) is 29.1 Å². The number of nitrogens with zero attached hydrogens (tertiary/aromatic N) is 9. The molecule has 7 atom stereocenters. The standard InChI is InChI=1S/C56H70N13O26P3S2/c1-6-67-42-17-15-38(99(82,83)84)27-40(42)55(2,3)46(67)13-8-14-47-56(4,5)41-28-39(100(85,86)87)16-18-43(41)68(47)23-19-48(70)60-21-22-61-52(72)35-10-7-12-37(26-35)90-33-50(64-66-58)89-25-24-88-32-49(71)59-20-9-11-36-30-69(54(74)63-53(36)73)51-29-44(91-34-62-65-57)45(93-51)31-92-97(78,79)95-98(80,81)94-96(75,76)77/h7-8,10,12-18,26-28,36,44-45,50-51H,6,19-25,29-34H2,1-5H3,(H9-,59,60,61,63,70,71,72,73,74,75,76,77,78,79,80,81,82,83,84,85,86,87)/p+1. The van der Waals surface area contributed by atoms with Crippen molar-refractivity contribution >= 4 is 90.5 Å². The number of allylic oxidation sites excluding steroid dienone is 4. The van der Waals surface area contributed by atoms with Crippen molar-refractivity contribution in [1.82, 2.24) is 26.2 Å². The number of nitrogens with one attached hydrogen (secondary N) is 4. The molecule has 0 saturated carbocycles. The van der Waals surface area contributed by atoms with E-state index in [0.717, 1.165) is 16.3 Å². The Hall–Kier alpha value is -7.99. The van der Waals surface area contributed by atoms with Gasteiger partial charge in [0, 0.05) is 82.5 Å². The van der Waals surface area contributed by atoms with Crippen molar-refractivity contribution in [1.29, 1.82) is 0 Å². The zero-order chi connectivity index (χ0) is 73.6. The number of azide groups is 2. The summed E-state index contributed by atoms with van der Waals surface area (Å²) in [6.45, 7) is 6.81. The Morgan fingerprint density at radius 3 is 2.27 bits per heavy atom. The molecule has 0 spiro atoms. The molecule has 2 saturated heterocycles. The molecule has 100 heavy (non-hydrogen) atoms. The highest BCUT2D eigenvalue weighted by Crippen LogP contribution is 2.66. The largest absolute Gasteiger partial charge is 0.491 e. The van der Waals surface area contributed by atoms with Gasteiger partial charge in [0.1, 0.15) is 43.9 Å². The summed E-state index contributed by atoms with van der Waals surface area (Å²) in [4.78, 5) is 109. The first-order valence-electron chi connectivity index (χ1n) is 29.9. The zero-order valence-corrected chi connectivity index (χ0v) is 58.1. The fourth-order valence-electron chi connectivity index (χ4n) is 10.9. The van der Waals surface area contributed by atoms with Crippen LogP contribution in [0.4, 0.5) is 16.2 Å². The molecule has 0 aromatic heterocycles. The molecule has 3 aromatic rings. The topological polar surface area (TPSA) is 555 Å². The third-order valence-corrected chi connectivity index (χ3v) is 21.0. The summed E-state index contributed by atoms with van der Waals surface area (Å²) in [7, 11) is -26.2. The molecule has 10 N–H and O–H groups in total. The molecule has 44 heteroatoms. The summed E-state index contributed by atoms with van der Waals surface area (Å²) in [5.41, 5.74) is 20.6. The number of phosphoric ester groups is 1. The summed E-state index contributed by atoms with van der Waals surface area (Å²) in [6.07, 6.45) is 0.229. The SMILES string of the molecule is CCN1/C(=C/C=C/C2=[N+](CCC(=O)NCCNC(=O)c3cccc(OCC(N=[N+]=[N-])OCCOCC(=O)NCC#CC4CN(C5CC(OCN=[N+]=[N-])C(COP(=O)(O)OP(=O)(O)OP(=O)(O)O)O5)C(=O)NC4=O)c3)c3ccc(S(=O)(=O)O)cc3C2(C)C)C(C)(C)c2cc(S(=O)(=O)O)ccc21. The lowest BCUT2D eigenvalue weighted by atomic mass is 9.81. The molecule has 6 amide bonds. The lowest BCUT2D eigenvalue weighted by Gasteiger charge is -2.33. The lowest BCUT2D eigenvalue weighted by molar-refractivity contribution is -0.436. The Bertz CT molecular complexity index is 4300. The molecule has 4 aliphatic rings. The highest BCUT2D eigenvalue weighted by atomic mass is 32.2. The third-order valence-electron chi connectivity index (χ3n) is 15.5. The van der Waals surface area contributed by atoms with Crippen molar-refractivity contribution in [3.63, 3.8) is 0 Å². The van der Waals surface area contributed by atoms with Gasteiger partial charge in [-0.05, 0) is 92.0 Å². The van der Waals surface area contributed by atoms with E-state index < -0.39 is 135 Å². The summed E-state index contributed by atoms with van der Waals surface area (Å²) in [5, 5.41) is 16.8. The Morgan fingerprint density at radius 1 is 0.890 bits per heavy atom. The summed E-state index contributed by atoms with van der Waals surface area (Å²) in [5.74, 6) is 1.84. The van der Waals surface area contributed by atoms with Crippen LogP contribution in [0, 0.1) is 17.8 Å². The van der Waals surface area contributed by atoms with E-state index in [1.54, 1.807) is 12.1 Å². The van der Waals surface area contributed by atoms with E-state index in [4.69, 9.17) is 44.5 Å². The monoisotopic (exact) mass is 1500 g/mol. The van der Waals surface area contributed by atoms with E-state index in [1.165, 1.54) is 48.5 Å². The number of anilines is 1. The van der Waals surface area contributed by atoms with Gasteiger partial charge in [-0.15, -0.1) is 0 Å². The second kappa shape index (κ2) is 33.7. The molecule has 3 aromatic carbocycles. The highest BCUT2D eigenvalue weighted by Gasteiger charge is 2.48. The van der Waals surface area contributed by atoms with Crippen molar-refractivity contribution in [2.75, 3.05) is 83.9 Å². The lowest BCUT2D eigenvalue weighted by Crippen LogP contribution is -2.57. The number of hydrogen-bond acceptors (Lipinski definition) is 23. The number of carbonyl (C=O) groups is 5. The number of phosphoric acid groups is 3. The van der Waals surface area contributed by atoms with Crippen LogP contribution in [0.5, 0.6) is 5.75 Å². The molecule has 0 radical (unpaired) electrons. The summed E-state index contributed by atoms with van der Waals surface area (Å²) in [6, 6.07) is 13.7. The van der Waals surface area contributed by atoms with Gasteiger partial charge in [0.15, 0.2) is 18.5 Å². The minimum absolute atomic E-state index is 0.0174. The minimum atomic E-state index is -5.87. The van der Waals surface area contributed by atoms with E-state index in [9.17, 15) is 73.4 Å². The predicted molar refractivity (Wildman–Crippen MR) is 347 cm³/mol. The van der Waals surface area contributed by atoms with Gasteiger partial charge in [-0.25, -0.2) is 18.5 Å². The van der Waals surface area contributed by atoms with Crippen LogP contribution in [0.3, 0.4) is 0 Å². The number of carbonyl (C=O) groups excluding carboxylic acids is 5. The van der Waals surface area contributed by atoms with Crippen molar-refractivity contribution in [3.8, 4) is 17.6 Å². The number of ether oxygens (including phenoxy) is 5. The number of likely N-dealkylation sites (N-methyl/N-ethyl adjacent to an activating group) is 1. The average Bonchev–Trinajstić information content (AvgIpc) is 1.59. The number of fused-ring (bicyclic) bond motifs is 2. The Kier molecular flexibility index (Phi) is 26.7. The van der Waals surface area contributed by atoms with Gasteiger partial charge in [0.25, 0.3) is 26.1 Å². The van der Waals surface area contributed by atoms with Gasteiger partial charge in [-0.3, -0.25) is 43.0 Å². The van der Waals surface area contributed by atoms with E-state index in [1.807, 2.05) is 62.3 Å². The zero-order valence-electron chi connectivity index (χ0n) is 53.8. The van der Waals surface area contributed by atoms with Gasteiger partial charge < -0.3 is 64.1 Å². The number of rotatable bonds is 34. The number of imide groups is 1. The first-order valence-corrected chi connectivity index (χ1v) is 37.3. The molecule has 39 nitrogen and oxygen atoms in total. The molecular formula is C56H71N13O26P3S2+. The third kappa shape index (κ3) is 21.5. The molecule has 0 bridgehead atoms. The molecule has 2 fully saturated rings. The van der Waals surface area contributed by atoms with Crippen LogP contribution >= 0.6 is 23.5 Å². The predicted octanol–water partition coefficient (Wildman–Crippen LogP) is 4.20. The Balaban J connectivity index is 0.834. The molecule has 0 aliphatic carbocycles. The quantitative estimate of drug-likeness (QED) is 0.00585. The van der Waals surface area contributed by atoms with Crippen LogP contribution in [0.2, 0.25) is 0 Å². The highest BCUT2D eigenvalue weighted by molar-refractivity contribution is 7.86. The van der Waals surface area contributed by atoms with Crippen LogP contribution in [-0.2, 0) is 91.2 Å². The molecule has 542 valence electrons. The fraction of sp³-hybridized carbons (Fsp3) is 0.464. The normalized spacial score (nSPS) is 20.6. The number of urea groups is 1. The van der Waals surface area contributed by atoms with Gasteiger partial charge in [0.05, 0.1) is 54.1 Å². The first kappa shape index (κ1) is 79.3. The number of hydrogen-bond donors (Lipinski definition) is 10. The van der Waals surface area contributed by atoms with Gasteiger partial charge >= 0.3 is 29.5 Å². The average molecular weight is 1500 g/mol. The van der Waals surface area contributed by atoms with E-state index in [-0.39, 0.29) is 85.9 Å². The van der Waals surface area contributed by atoms with Crippen LogP contribution in [0.25, 0.3) is 20.9 Å². The fourth-order valence-corrected chi connectivity index (χ4v) is 14.9. The summed E-state index contributed by atoms with van der Waals surface area (Å²) >= 11 is 0. The van der Waals surface area contributed by atoms with Crippen LogP contribution in [0.1, 0.15) is 68.9 Å². The summed E-state index contributed by atoms with van der Waals surface area (Å²) < 4.78 is 145. The maximum Gasteiger partial charge on any atom is 0.490 e. The Morgan fingerprint density at radius 2 is 1.59 bits per heavy atom. The van der Waals surface area contributed by atoms with Crippen LogP contribution in [0.15, 0.2) is 105 Å². The maximum absolute atomic E-state index is 13.4. The van der Waals surface area contributed by atoms with Gasteiger partial charge in [-0.1, -0.05) is 48.1 Å². The van der Waals surface area contributed by atoms with Gasteiger partial charge in [0.2, 0.25) is 23.4 Å². The van der Waals surface area contributed by atoms with Crippen molar-refractivity contribution < 1.29 is 125 Å². The van der Waals surface area contributed by atoms with Crippen LogP contribution in [-0.4, -0.2) is 194 Å². The van der Waals surface area contributed by atoms with Crippen molar-refractivity contribution in [2.24, 2.45) is 16.1 Å². The van der Waals surface area contributed by atoms with E-state index in [2.05, 4.69) is 66.3 Å². The Labute approximate surface area is 571 Å². The second-order valence-corrected chi connectivity index (χ2v) is 30.2. The molecular weight excluding hydrogens is 1430 g/mol. The molecule has 7 unspecified atom stereocenters. The van der Waals surface area contributed by atoms with Crippen molar-refractivity contribution in [3.05, 3.63) is 122 Å². The van der Waals surface area contributed by atoms with Crippen LogP contribution < -0.4 is 30.9 Å². The smallest absolute Gasteiger partial charge is 0.490 e. The number of benzene rings is 3. The van der Waals surface area contributed by atoms with Crippen molar-refractivity contribution in [2.45, 2.75) is 92.7 Å². The van der Waals surface area contributed by atoms with E-state index >= 15 is 0 Å². The molecule has 7 rings (SSSR count). The molecule has 4 heterocycles.